The molecule has 0 radical (unpaired) electrons. The van der Waals surface area contributed by atoms with Gasteiger partial charge in [-0.1, -0.05) is 60.7 Å². The smallest absolute Gasteiger partial charge is 0.327 e. The Morgan fingerprint density at radius 2 is 1.78 bits per heavy atom. The summed E-state index contributed by atoms with van der Waals surface area (Å²) in [7, 11) is 0. The molecule has 264 valence electrons. The fourth-order valence-electron chi connectivity index (χ4n) is 9.33. The van der Waals surface area contributed by atoms with E-state index in [0.717, 1.165) is 41.5 Å². The van der Waals surface area contributed by atoms with E-state index in [2.05, 4.69) is 47.1 Å². The second-order valence-electron chi connectivity index (χ2n) is 14.9. The Balaban J connectivity index is 0.986. The van der Waals surface area contributed by atoms with E-state index in [9.17, 15) is 14.4 Å². The molecule has 2 aromatic carbocycles. The molecular formula is C38H43N3O9. The molecule has 0 aromatic heterocycles. The number of hydroxylamine groups is 2. The molecule has 50 heavy (non-hydrogen) atoms. The van der Waals surface area contributed by atoms with Crippen LogP contribution < -0.4 is 10.6 Å². The molecule has 12 nitrogen and oxygen atoms in total. The fourth-order valence-corrected chi connectivity index (χ4v) is 9.33. The Morgan fingerprint density at radius 1 is 0.960 bits per heavy atom. The summed E-state index contributed by atoms with van der Waals surface area (Å²) in [6.07, 6.45) is 7.15. The van der Waals surface area contributed by atoms with Crippen LogP contribution in [0.5, 0.6) is 0 Å². The first-order valence-electron chi connectivity index (χ1n) is 18.0. The van der Waals surface area contributed by atoms with Gasteiger partial charge in [-0.3, -0.25) is 19.2 Å². The number of hydrogen-bond donors (Lipinski definition) is 3. The molecule has 9 rings (SSSR count). The topological polar surface area (TPSA) is 148 Å². The Morgan fingerprint density at radius 3 is 2.58 bits per heavy atom. The standard InChI is InChI=1S/C38H43N3O9/c42-15-14-39-30(43)12-13-40-36(45)38-20-29-31-32(49-37(48-31)18-25-6-1-2-7-26(25)19-37)34(38)50-41(33(38)35(44)47-29)21-24-5-3-4-22(16-24)8-9-23-10-11-27-28(17-23)46-27/h1-9,16,23,27-29,31-34,42H,10-15,17-21H2,(H,39,43)(H,40,45)/t23?,27?,28?,29-,31+,32+,33+,34-,38+/m1/s1. The lowest BCUT2D eigenvalue weighted by Gasteiger charge is -2.48. The summed E-state index contributed by atoms with van der Waals surface area (Å²) < 4.78 is 25.3. The third-order valence-electron chi connectivity index (χ3n) is 11.7. The number of allylic oxidation sites excluding steroid dienone is 1. The Labute approximate surface area is 290 Å². The van der Waals surface area contributed by atoms with Crippen molar-refractivity contribution in [1.29, 1.82) is 0 Å². The van der Waals surface area contributed by atoms with Gasteiger partial charge in [0.15, 0.2) is 11.8 Å². The zero-order chi connectivity index (χ0) is 34.0. The molecule has 3 aliphatic carbocycles. The van der Waals surface area contributed by atoms with Gasteiger partial charge >= 0.3 is 5.97 Å². The lowest BCUT2D eigenvalue weighted by molar-refractivity contribution is -0.217. The number of esters is 1. The van der Waals surface area contributed by atoms with Crippen LogP contribution in [0.15, 0.2) is 54.6 Å². The normalized spacial score (nSPS) is 35.7. The minimum atomic E-state index is -1.33. The fraction of sp³-hybridized carbons (Fsp3) is 0.553. The second kappa shape index (κ2) is 12.5. The zero-order valence-corrected chi connectivity index (χ0v) is 27.8. The van der Waals surface area contributed by atoms with Crippen molar-refractivity contribution in [3.8, 4) is 0 Å². The van der Waals surface area contributed by atoms with Crippen molar-refractivity contribution in [2.75, 3.05) is 19.7 Å². The number of ether oxygens (including phenoxy) is 4. The largest absolute Gasteiger partial charge is 0.458 e. The first-order chi connectivity index (χ1) is 24.3. The minimum absolute atomic E-state index is 0.0259. The van der Waals surface area contributed by atoms with Gasteiger partial charge in [0.05, 0.1) is 25.4 Å². The number of rotatable bonds is 10. The van der Waals surface area contributed by atoms with Crippen LogP contribution in [0.4, 0.5) is 0 Å². The molecule has 2 bridgehead atoms. The highest BCUT2D eigenvalue weighted by molar-refractivity contribution is 5.94. The lowest BCUT2D eigenvalue weighted by atomic mass is 9.62. The van der Waals surface area contributed by atoms with Crippen molar-refractivity contribution in [3.05, 3.63) is 76.9 Å². The first kappa shape index (κ1) is 32.3. The maximum absolute atomic E-state index is 14.4. The zero-order valence-electron chi connectivity index (χ0n) is 27.8. The van der Waals surface area contributed by atoms with Gasteiger partial charge in [-0.15, -0.1) is 0 Å². The molecular weight excluding hydrogens is 642 g/mol. The van der Waals surface area contributed by atoms with Gasteiger partial charge in [0.2, 0.25) is 11.8 Å². The molecule has 4 aliphatic heterocycles. The van der Waals surface area contributed by atoms with Crippen LogP contribution in [0.1, 0.15) is 54.4 Å². The van der Waals surface area contributed by atoms with E-state index in [1.165, 1.54) is 0 Å². The third kappa shape index (κ3) is 5.57. The monoisotopic (exact) mass is 685 g/mol. The molecule has 2 aromatic rings. The van der Waals surface area contributed by atoms with E-state index in [4.69, 9.17) is 28.9 Å². The number of nitrogens with one attached hydrogen (secondary N) is 2. The Kier molecular flexibility index (Phi) is 8.09. The van der Waals surface area contributed by atoms with Crippen LogP contribution in [0.3, 0.4) is 0 Å². The molecule has 4 heterocycles. The number of aliphatic hydroxyl groups is 1. The van der Waals surface area contributed by atoms with Crippen molar-refractivity contribution in [1.82, 2.24) is 15.7 Å². The Bertz CT molecular complexity index is 1690. The maximum atomic E-state index is 14.4. The van der Waals surface area contributed by atoms with E-state index in [1.807, 2.05) is 24.3 Å². The SMILES string of the molecule is O=C(CCNC(=O)[C@@]12C[C@H]3OC(=O)[C@@H]1N(Cc1cccc(C=CC4CCC5OC5C4)c1)O[C@@H]2[C@H]1OC2(Cc4ccccc4C2)O[C@H]13)NCCO. The van der Waals surface area contributed by atoms with Gasteiger partial charge in [0.1, 0.15) is 29.8 Å². The molecule has 1 spiro atoms. The van der Waals surface area contributed by atoms with E-state index >= 15 is 0 Å². The second-order valence-corrected chi connectivity index (χ2v) is 14.9. The predicted molar refractivity (Wildman–Crippen MR) is 177 cm³/mol. The quantitative estimate of drug-likeness (QED) is 0.251. The molecule has 12 heteroatoms. The first-order valence-corrected chi connectivity index (χ1v) is 18.0. The van der Waals surface area contributed by atoms with Gasteiger partial charge in [-0.25, -0.2) is 0 Å². The van der Waals surface area contributed by atoms with E-state index in [-0.39, 0.29) is 50.9 Å². The summed E-state index contributed by atoms with van der Waals surface area (Å²) in [6, 6.07) is 15.2. The van der Waals surface area contributed by atoms with Gasteiger partial charge in [0, 0.05) is 38.8 Å². The molecule has 2 saturated carbocycles. The van der Waals surface area contributed by atoms with Crippen LogP contribution >= 0.6 is 0 Å². The number of hydrogen-bond acceptors (Lipinski definition) is 10. The maximum Gasteiger partial charge on any atom is 0.327 e. The third-order valence-corrected chi connectivity index (χ3v) is 11.7. The van der Waals surface area contributed by atoms with E-state index in [1.54, 1.807) is 5.06 Å². The number of carbonyl (C=O) groups excluding carboxylic acids is 3. The average molecular weight is 686 g/mol. The van der Waals surface area contributed by atoms with Crippen LogP contribution in [0, 0.1) is 11.3 Å². The van der Waals surface area contributed by atoms with Gasteiger partial charge in [-0.05, 0) is 47.4 Å². The van der Waals surface area contributed by atoms with Crippen LogP contribution in [0.25, 0.3) is 6.08 Å². The number of amides is 2. The summed E-state index contributed by atoms with van der Waals surface area (Å²) in [5.41, 5.74) is 2.93. The summed E-state index contributed by atoms with van der Waals surface area (Å²) in [5.74, 6) is -1.65. The van der Waals surface area contributed by atoms with Crippen molar-refractivity contribution in [2.45, 2.75) is 99.9 Å². The van der Waals surface area contributed by atoms with E-state index in [0.29, 0.717) is 31.0 Å². The average Bonchev–Trinajstić information content (AvgIpc) is 3.46. The summed E-state index contributed by atoms with van der Waals surface area (Å²) >= 11 is 0. The van der Waals surface area contributed by atoms with Gasteiger partial charge in [0.25, 0.3) is 0 Å². The Hall–Kier alpha value is -3.65. The minimum Gasteiger partial charge on any atom is -0.458 e. The number of nitrogens with zero attached hydrogens (tertiary/aromatic N) is 1. The summed E-state index contributed by atoms with van der Waals surface area (Å²) in [4.78, 5) is 47.4. The summed E-state index contributed by atoms with van der Waals surface area (Å²) in [5, 5.41) is 16.2. The molecule has 7 aliphatic rings. The molecule has 9 atom stereocenters. The lowest BCUT2D eigenvalue weighted by Crippen LogP contribution is -2.69. The van der Waals surface area contributed by atoms with Crippen molar-refractivity contribution in [2.24, 2.45) is 11.3 Å². The van der Waals surface area contributed by atoms with Gasteiger partial charge in [-0.2, -0.15) is 5.06 Å². The van der Waals surface area contributed by atoms with Gasteiger partial charge < -0.3 is 34.7 Å². The van der Waals surface area contributed by atoms with Crippen LogP contribution in [-0.4, -0.2) is 96.1 Å². The number of fused-ring (bicyclic) bond motifs is 6. The number of benzene rings is 2. The molecule has 3 N–H and O–H groups in total. The highest BCUT2D eigenvalue weighted by Crippen LogP contribution is 2.58. The van der Waals surface area contributed by atoms with Crippen LogP contribution in [0.2, 0.25) is 0 Å². The molecule has 3 unspecified atom stereocenters. The van der Waals surface area contributed by atoms with Crippen molar-refractivity contribution >= 4 is 23.9 Å². The summed E-state index contributed by atoms with van der Waals surface area (Å²) in [6.45, 7) is 0.271. The number of epoxide rings is 1. The van der Waals surface area contributed by atoms with E-state index < -0.39 is 47.6 Å². The molecule has 6 fully saturated rings. The van der Waals surface area contributed by atoms with Crippen LogP contribution in [-0.2, 0) is 57.6 Å². The van der Waals surface area contributed by atoms with Crippen molar-refractivity contribution < 1.29 is 43.3 Å². The molecule has 4 saturated heterocycles. The highest BCUT2D eigenvalue weighted by Gasteiger charge is 2.76. The highest BCUT2D eigenvalue weighted by atomic mass is 16.8. The van der Waals surface area contributed by atoms with Crippen molar-refractivity contribution in [3.63, 3.8) is 0 Å². The number of aliphatic hydroxyl groups excluding tert-OH is 1. The molecule has 2 amide bonds. The predicted octanol–water partition coefficient (Wildman–Crippen LogP) is 1.96. The number of carbonyl (C=O) groups is 3.